The van der Waals surface area contributed by atoms with Crippen LogP contribution >= 0.6 is 0 Å². The van der Waals surface area contributed by atoms with Crippen molar-refractivity contribution in [3.63, 3.8) is 0 Å². The van der Waals surface area contributed by atoms with Crippen LogP contribution in [0.4, 0.5) is 4.79 Å². The fourth-order valence-electron chi connectivity index (χ4n) is 4.18. The van der Waals surface area contributed by atoms with Gasteiger partial charge in [-0.05, 0) is 38.2 Å². The van der Waals surface area contributed by atoms with Gasteiger partial charge < -0.3 is 14.5 Å². The summed E-state index contributed by atoms with van der Waals surface area (Å²) in [6, 6.07) is 1.55. The van der Waals surface area contributed by atoms with Gasteiger partial charge in [0, 0.05) is 36.8 Å². The lowest BCUT2D eigenvalue weighted by atomic mass is 9.78. The van der Waals surface area contributed by atoms with Crippen LogP contribution in [-0.2, 0) is 6.42 Å². The summed E-state index contributed by atoms with van der Waals surface area (Å²) >= 11 is 0. The molecule has 2 atom stereocenters. The molecular formula is C18H19N3O4. The fourth-order valence-corrected chi connectivity index (χ4v) is 4.18. The van der Waals surface area contributed by atoms with Crippen molar-refractivity contribution in [1.29, 1.82) is 0 Å². The summed E-state index contributed by atoms with van der Waals surface area (Å²) in [6.07, 6.45) is 2.35. The molecule has 7 heteroatoms. The first-order valence-electron chi connectivity index (χ1n) is 8.40. The highest BCUT2D eigenvalue weighted by Gasteiger charge is 2.40. The van der Waals surface area contributed by atoms with E-state index in [1.54, 1.807) is 19.2 Å². The SMILES string of the molecule is Cc1noc(C)c1-c1cc(=O)c2c(cn1)C1CN(C(=O)O)CC1CC2. The Morgan fingerprint density at radius 2 is 2.16 bits per heavy atom. The van der Waals surface area contributed by atoms with Gasteiger partial charge in [0.15, 0.2) is 5.43 Å². The van der Waals surface area contributed by atoms with Crippen molar-refractivity contribution in [1.82, 2.24) is 15.0 Å². The minimum absolute atomic E-state index is 0.0463. The first-order valence-corrected chi connectivity index (χ1v) is 8.40. The third-order valence-electron chi connectivity index (χ3n) is 5.42. The van der Waals surface area contributed by atoms with Gasteiger partial charge in [-0.1, -0.05) is 5.16 Å². The maximum atomic E-state index is 12.8. The van der Waals surface area contributed by atoms with E-state index in [9.17, 15) is 14.7 Å². The molecule has 1 aliphatic carbocycles. The van der Waals surface area contributed by atoms with Crippen molar-refractivity contribution in [2.24, 2.45) is 5.92 Å². The van der Waals surface area contributed by atoms with E-state index in [1.807, 2.05) is 6.92 Å². The number of carbonyl (C=O) groups is 1. The standard InChI is InChI=1S/C18H19N3O4/c1-9-17(10(2)25-20-9)15-5-16(22)12-4-3-11-7-21(18(23)24)8-14(11)13(12)6-19-15/h5-6,11,14H,3-4,7-8H2,1-2H3,(H,23,24). The smallest absolute Gasteiger partial charge is 0.407 e. The van der Waals surface area contributed by atoms with Crippen LogP contribution < -0.4 is 5.43 Å². The molecule has 3 heterocycles. The molecule has 1 saturated heterocycles. The van der Waals surface area contributed by atoms with Gasteiger partial charge in [-0.25, -0.2) is 4.79 Å². The van der Waals surface area contributed by atoms with Crippen LogP contribution in [0.25, 0.3) is 11.3 Å². The zero-order chi connectivity index (χ0) is 17.7. The topological polar surface area (TPSA) is 96.5 Å². The van der Waals surface area contributed by atoms with Crippen LogP contribution in [0.2, 0.25) is 0 Å². The molecule has 1 N–H and O–H groups in total. The Morgan fingerprint density at radius 1 is 1.36 bits per heavy atom. The summed E-state index contributed by atoms with van der Waals surface area (Å²) in [4.78, 5) is 30.1. The first kappa shape index (κ1) is 15.8. The van der Waals surface area contributed by atoms with E-state index in [4.69, 9.17) is 4.52 Å². The van der Waals surface area contributed by atoms with Gasteiger partial charge in [-0.15, -0.1) is 0 Å². The van der Waals surface area contributed by atoms with E-state index in [-0.39, 0.29) is 17.3 Å². The molecule has 2 aromatic rings. The Hall–Kier alpha value is -2.70. The molecule has 2 aromatic heterocycles. The van der Waals surface area contributed by atoms with Gasteiger partial charge in [0.05, 0.1) is 17.0 Å². The van der Waals surface area contributed by atoms with Gasteiger partial charge in [0.25, 0.3) is 0 Å². The average Bonchev–Trinajstić information content (AvgIpc) is 3.10. The number of hydrogen-bond donors (Lipinski definition) is 1. The number of carboxylic acid groups (broad SMARTS) is 1. The van der Waals surface area contributed by atoms with Crippen LogP contribution in [0.3, 0.4) is 0 Å². The summed E-state index contributed by atoms with van der Waals surface area (Å²) in [5.41, 5.74) is 3.61. The second-order valence-electron chi connectivity index (χ2n) is 6.88. The quantitative estimate of drug-likeness (QED) is 0.855. The van der Waals surface area contributed by atoms with Crippen molar-refractivity contribution in [2.45, 2.75) is 32.6 Å². The molecule has 130 valence electrons. The van der Waals surface area contributed by atoms with E-state index in [2.05, 4.69) is 10.1 Å². The summed E-state index contributed by atoms with van der Waals surface area (Å²) in [6.45, 7) is 4.58. The van der Waals surface area contributed by atoms with Gasteiger partial charge in [0.2, 0.25) is 0 Å². The molecule has 0 bridgehead atoms. The normalized spacial score (nSPS) is 21.8. The number of aryl methyl sites for hydroxylation is 2. The third-order valence-corrected chi connectivity index (χ3v) is 5.42. The Kier molecular flexibility index (Phi) is 3.59. The Bertz CT molecular complexity index is 902. The lowest BCUT2D eigenvalue weighted by Gasteiger charge is -2.24. The van der Waals surface area contributed by atoms with E-state index in [0.717, 1.165) is 23.1 Å². The molecule has 4 rings (SSSR count). The second-order valence-corrected chi connectivity index (χ2v) is 6.88. The highest BCUT2D eigenvalue weighted by Crippen LogP contribution is 2.40. The van der Waals surface area contributed by atoms with Crippen LogP contribution in [-0.4, -0.2) is 39.3 Å². The lowest BCUT2D eigenvalue weighted by molar-refractivity contribution is 0.153. The number of amides is 1. The maximum absolute atomic E-state index is 12.8. The minimum atomic E-state index is -0.900. The largest absolute Gasteiger partial charge is 0.465 e. The Labute approximate surface area is 144 Å². The summed E-state index contributed by atoms with van der Waals surface area (Å²) in [7, 11) is 0. The highest BCUT2D eigenvalue weighted by molar-refractivity contribution is 5.66. The molecule has 25 heavy (non-hydrogen) atoms. The van der Waals surface area contributed by atoms with Crippen molar-refractivity contribution < 1.29 is 14.4 Å². The number of hydrogen-bond acceptors (Lipinski definition) is 5. The third kappa shape index (κ3) is 2.50. The molecular weight excluding hydrogens is 322 g/mol. The van der Waals surface area contributed by atoms with Gasteiger partial charge in [-0.2, -0.15) is 0 Å². The monoisotopic (exact) mass is 341 g/mol. The van der Waals surface area contributed by atoms with Gasteiger partial charge in [0.1, 0.15) is 5.76 Å². The molecule has 0 saturated carbocycles. The molecule has 0 spiro atoms. The van der Waals surface area contributed by atoms with Crippen molar-refractivity contribution in [3.05, 3.63) is 45.1 Å². The predicted octanol–water partition coefficient (Wildman–Crippen LogP) is 2.35. The predicted molar refractivity (Wildman–Crippen MR) is 89.6 cm³/mol. The van der Waals surface area contributed by atoms with Gasteiger partial charge >= 0.3 is 6.09 Å². The molecule has 0 radical (unpaired) electrons. The van der Waals surface area contributed by atoms with E-state index in [1.165, 1.54) is 4.90 Å². The number of aromatic nitrogens is 2. The van der Waals surface area contributed by atoms with Crippen LogP contribution in [0.1, 0.15) is 34.9 Å². The zero-order valence-electron chi connectivity index (χ0n) is 14.2. The van der Waals surface area contributed by atoms with Crippen LogP contribution in [0.15, 0.2) is 21.6 Å². The molecule has 1 fully saturated rings. The zero-order valence-corrected chi connectivity index (χ0v) is 14.2. The number of nitrogens with zero attached hydrogens (tertiary/aromatic N) is 3. The van der Waals surface area contributed by atoms with Crippen LogP contribution in [0.5, 0.6) is 0 Å². The number of likely N-dealkylation sites (tertiary alicyclic amines) is 1. The summed E-state index contributed by atoms with van der Waals surface area (Å²) < 4.78 is 5.19. The summed E-state index contributed by atoms with van der Waals surface area (Å²) in [5, 5.41) is 13.2. The molecule has 1 amide bonds. The Balaban J connectivity index is 1.82. The van der Waals surface area contributed by atoms with Crippen LogP contribution in [0, 0.1) is 19.8 Å². The van der Waals surface area contributed by atoms with Crippen molar-refractivity contribution in [3.8, 4) is 11.3 Å². The summed E-state index contributed by atoms with van der Waals surface area (Å²) in [5.74, 6) is 0.934. The highest BCUT2D eigenvalue weighted by atomic mass is 16.5. The van der Waals surface area contributed by atoms with E-state index >= 15 is 0 Å². The average molecular weight is 341 g/mol. The minimum Gasteiger partial charge on any atom is -0.465 e. The number of fused-ring (bicyclic) bond motifs is 3. The van der Waals surface area contributed by atoms with E-state index in [0.29, 0.717) is 36.7 Å². The maximum Gasteiger partial charge on any atom is 0.407 e. The molecule has 0 aromatic carbocycles. The van der Waals surface area contributed by atoms with Crippen molar-refractivity contribution >= 4 is 6.09 Å². The Morgan fingerprint density at radius 3 is 2.84 bits per heavy atom. The molecule has 2 aliphatic rings. The molecule has 1 aliphatic heterocycles. The van der Waals surface area contributed by atoms with Gasteiger partial charge in [-0.3, -0.25) is 9.78 Å². The van der Waals surface area contributed by atoms with Crippen molar-refractivity contribution in [2.75, 3.05) is 13.1 Å². The fraction of sp³-hybridized carbons (Fsp3) is 0.444. The molecule has 7 nitrogen and oxygen atoms in total. The first-order chi connectivity index (χ1) is 12.0. The number of rotatable bonds is 1. The second kappa shape index (κ2) is 5.68. The molecule has 2 unspecified atom stereocenters. The lowest BCUT2D eigenvalue weighted by Crippen LogP contribution is -2.26. The van der Waals surface area contributed by atoms with E-state index < -0.39 is 6.09 Å².